The van der Waals surface area contributed by atoms with Crippen molar-refractivity contribution in [2.75, 3.05) is 0 Å². The van der Waals surface area contributed by atoms with E-state index >= 15 is 0 Å². The summed E-state index contributed by atoms with van der Waals surface area (Å²) in [7, 11) is 0. The van der Waals surface area contributed by atoms with Crippen LogP contribution >= 0.6 is 15.9 Å². The number of nitrogens with one attached hydrogen (secondary N) is 2. The average Bonchev–Trinajstić information content (AvgIpc) is 3.26. The highest BCUT2D eigenvalue weighted by atomic mass is 79.9. The lowest BCUT2D eigenvalue weighted by Crippen LogP contribution is -2.17. The highest BCUT2D eigenvalue weighted by Crippen LogP contribution is 2.24. The van der Waals surface area contributed by atoms with E-state index in [2.05, 4.69) is 48.8 Å². The van der Waals surface area contributed by atoms with E-state index in [-0.39, 0.29) is 5.91 Å². The molecule has 5 nitrogen and oxygen atoms in total. The summed E-state index contributed by atoms with van der Waals surface area (Å²) in [6.45, 7) is 0. The maximum atomic E-state index is 12.3. The third-order valence-electron chi connectivity index (χ3n) is 4.36. The van der Waals surface area contributed by atoms with Gasteiger partial charge >= 0.3 is 0 Å². The average molecular weight is 445 g/mol. The van der Waals surface area contributed by atoms with Crippen LogP contribution in [0.5, 0.6) is 0 Å². The second-order valence-electron chi connectivity index (χ2n) is 6.36. The predicted octanol–water partition coefficient (Wildman–Crippen LogP) is 5.27. The van der Waals surface area contributed by atoms with Crippen molar-refractivity contribution in [3.63, 3.8) is 0 Å². The first-order valence-corrected chi connectivity index (χ1v) is 9.78. The van der Waals surface area contributed by atoms with Crippen molar-refractivity contribution >= 4 is 28.1 Å². The SMILES string of the molecule is O=C(N/N=C/c1ccc(Br)cc1)c1cc(-c2ccc(-c3ccccc3)cc2)n[nH]1. The van der Waals surface area contributed by atoms with E-state index in [0.29, 0.717) is 11.4 Å². The fraction of sp³-hybridized carbons (Fsp3) is 0. The van der Waals surface area contributed by atoms with Crippen molar-refractivity contribution in [3.8, 4) is 22.4 Å². The summed E-state index contributed by atoms with van der Waals surface area (Å²) in [6, 6.07) is 27.6. The van der Waals surface area contributed by atoms with Gasteiger partial charge in [-0.25, -0.2) is 5.43 Å². The molecule has 0 radical (unpaired) electrons. The van der Waals surface area contributed by atoms with E-state index in [9.17, 15) is 4.79 Å². The number of benzene rings is 3. The number of aromatic nitrogens is 2. The van der Waals surface area contributed by atoms with Gasteiger partial charge in [0.25, 0.3) is 5.91 Å². The molecular weight excluding hydrogens is 428 g/mol. The third kappa shape index (κ3) is 4.67. The second kappa shape index (κ2) is 8.67. The van der Waals surface area contributed by atoms with Gasteiger partial charge in [-0.1, -0.05) is 82.7 Å². The van der Waals surface area contributed by atoms with Crippen LogP contribution in [0.3, 0.4) is 0 Å². The largest absolute Gasteiger partial charge is 0.289 e. The summed E-state index contributed by atoms with van der Waals surface area (Å²) in [5.41, 5.74) is 7.66. The Kier molecular flexibility index (Phi) is 5.63. The molecule has 1 aromatic heterocycles. The van der Waals surface area contributed by atoms with Gasteiger partial charge in [0, 0.05) is 10.0 Å². The van der Waals surface area contributed by atoms with Crippen LogP contribution in [0, 0.1) is 0 Å². The maximum absolute atomic E-state index is 12.3. The maximum Gasteiger partial charge on any atom is 0.289 e. The normalized spacial score (nSPS) is 10.9. The Morgan fingerprint density at radius 3 is 2.28 bits per heavy atom. The molecule has 2 N–H and O–H groups in total. The summed E-state index contributed by atoms with van der Waals surface area (Å²) in [5, 5.41) is 11.0. The number of halogens is 1. The molecule has 0 aliphatic carbocycles. The summed E-state index contributed by atoms with van der Waals surface area (Å²) in [6.07, 6.45) is 1.59. The Bertz CT molecular complexity index is 1130. The summed E-state index contributed by atoms with van der Waals surface area (Å²) >= 11 is 3.38. The lowest BCUT2D eigenvalue weighted by molar-refractivity contribution is 0.0950. The van der Waals surface area contributed by atoms with Crippen LogP contribution in [0.4, 0.5) is 0 Å². The van der Waals surface area contributed by atoms with E-state index in [1.807, 2.05) is 66.7 Å². The molecule has 0 atom stereocenters. The summed E-state index contributed by atoms with van der Waals surface area (Å²) in [5.74, 6) is -0.349. The Morgan fingerprint density at radius 2 is 1.55 bits per heavy atom. The number of hydrazone groups is 1. The zero-order valence-corrected chi connectivity index (χ0v) is 16.9. The molecule has 142 valence electrons. The van der Waals surface area contributed by atoms with Gasteiger partial charge in [-0.2, -0.15) is 10.2 Å². The lowest BCUT2D eigenvalue weighted by Gasteiger charge is -2.02. The molecule has 4 rings (SSSR count). The molecule has 1 heterocycles. The van der Waals surface area contributed by atoms with E-state index in [0.717, 1.165) is 26.7 Å². The molecule has 0 bridgehead atoms. The number of carbonyl (C=O) groups is 1. The molecular formula is C23H17BrN4O. The first-order chi connectivity index (χ1) is 14.2. The molecule has 6 heteroatoms. The van der Waals surface area contributed by atoms with E-state index in [4.69, 9.17) is 0 Å². The Balaban J connectivity index is 1.42. The van der Waals surface area contributed by atoms with Gasteiger partial charge in [-0.3, -0.25) is 9.89 Å². The van der Waals surface area contributed by atoms with Gasteiger partial charge in [0.2, 0.25) is 0 Å². The van der Waals surface area contributed by atoms with E-state index in [1.165, 1.54) is 0 Å². The molecule has 0 aliphatic heterocycles. The molecule has 1 amide bonds. The minimum Gasteiger partial charge on any atom is -0.272 e. The Hall–Kier alpha value is -3.51. The minimum atomic E-state index is -0.349. The van der Waals surface area contributed by atoms with Crippen LogP contribution in [0.15, 0.2) is 94.5 Å². The van der Waals surface area contributed by atoms with Gasteiger partial charge in [0.05, 0.1) is 11.9 Å². The quantitative estimate of drug-likeness (QED) is 0.325. The summed E-state index contributed by atoms with van der Waals surface area (Å²) < 4.78 is 0.987. The molecule has 29 heavy (non-hydrogen) atoms. The molecule has 0 saturated heterocycles. The van der Waals surface area contributed by atoms with Gasteiger partial charge in [-0.05, 0) is 34.9 Å². The van der Waals surface area contributed by atoms with Crippen LogP contribution < -0.4 is 5.43 Å². The number of hydrogen-bond acceptors (Lipinski definition) is 3. The number of nitrogens with zero attached hydrogens (tertiary/aromatic N) is 2. The zero-order chi connectivity index (χ0) is 20.1. The van der Waals surface area contributed by atoms with Crippen molar-refractivity contribution < 1.29 is 4.79 Å². The molecule has 0 unspecified atom stereocenters. The van der Waals surface area contributed by atoms with Gasteiger partial charge < -0.3 is 0 Å². The minimum absolute atomic E-state index is 0.347. The Labute approximate surface area is 176 Å². The fourth-order valence-corrected chi connectivity index (χ4v) is 3.09. The lowest BCUT2D eigenvalue weighted by atomic mass is 10.0. The van der Waals surface area contributed by atoms with Crippen LogP contribution in [0.2, 0.25) is 0 Å². The predicted molar refractivity (Wildman–Crippen MR) is 119 cm³/mol. The van der Waals surface area contributed by atoms with Gasteiger partial charge in [0.1, 0.15) is 5.69 Å². The van der Waals surface area contributed by atoms with Crippen molar-refractivity contribution in [3.05, 3.63) is 101 Å². The van der Waals surface area contributed by atoms with Crippen molar-refractivity contribution in [2.45, 2.75) is 0 Å². The van der Waals surface area contributed by atoms with Crippen molar-refractivity contribution in [1.82, 2.24) is 15.6 Å². The van der Waals surface area contributed by atoms with Crippen LogP contribution in [-0.2, 0) is 0 Å². The third-order valence-corrected chi connectivity index (χ3v) is 4.89. The molecule has 0 saturated carbocycles. The van der Waals surface area contributed by atoms with E-state index in [1.54, 1.807) is 12.3 Å². The number of hydrogen-bond donors (Lipinski definition) is 2. The Morgan fingerprint density at radius 1 is 0.897 bits per heavy atom. The number of carbonyl (C=O) groups excluding carboxylic acids is 1. The first-order valence-electron chi connectivity index (χ1n) is 8.99. The zero-order valence-electron chi connectivity index (χ0n) is 15.3. The highest BCUT2D eigenvalue weighted by Gasteiger charge is 2.10. The standard InChI is InChI=1S/C23H17BrN4O/c24-20-12-6-16(7-13-20)15-25-28-23(29)22-14-21(26-27-22)19-10-8-18(9-11-19)17-4-2-1-3-5-17/h1-15H,(H,26,27)(H,28,29)/b25-15+. The molecule has 4 aromatic rings. The monoisotopic (exact) mass is 444 g/mol. The van der Waals surface area contributed by atoms with Crippen molar-refractivity contribution in [2.24, 2.45) is 5.10 Å². The number of amides is 1. The van der Waals surface area contributed by atoms with Crippen LogP contribution in [-0.4, -0.2) is 22.3 Å². The topological polar surface area (TPSA) is 70.1 Å². The first kappa shape index (κ1) is 18.8. The smallest absolute Gasteiger partial charge is 0.272 e. The number of H-pyrrole nitrogens is 1. The second-order valence-corrected chi connectivity index (χ2v) is 7.28. The molecule has 3 aromatic carbocycles. The fourth-order valence-electron chi connectivity index (χ4n) is 2.82. The molecule has 0 fully saturated rings. The van der Waals surface area contributed by atoms with Crippen molar-refractivity contribution in [1.29, 1.82) is 0 Å². The van der Waals surface area contributed by atoms with Crippen LogP contribution in [0.1, 0.15) is 16.1 Å². The van der Waals surface area contributed by atoms with Crippen LogP contribution in [0.25, 0.3) is 22.4 Å². The van der Waals surface area contributed by atoms with E-state index < -0.39 is 0 Å². The molecule has 0 aliphatic rings. The summed E-state index contributed by atoms with van der Waals surface area (Å²) in [4.78, 5) is 12.3. The molecule has 0 spiro atoms. The van der Waals surface area contributed by atoms with Gasteiger partial charge in [-0.15, -0.1) is 0 Å². The highest BCUT2D eigenvalue weighted by molar-refractivity contribution is 9.10. The number of rotatable bonds is 5. The number of aromatic amines is 1. The van der Waals surface area contributed by atoms with Gasteiger partial charge in [0.15, 0.2) is 0 Å².